The molecule has 0 spiro atoms. The first-order valence-electron chi connectivity index (χ1n) is 7.31. The normalized spacial score (nSPS) is 19.7. The Morgan fingerprint density at radius 2 is 1.70 bits per heavy atom. The predicted molar refractivity (Wildman–Crippen MR) is 76.5 cm³/mol. The van der Waals surface area contributed by atoms with Gasteiger partial charge in [0.2, 0.25) is 0 Å². The highest BCUT2D eigenvalue weighted by molar-refractivity contribution is 5.78. The van der Waals surface area contributed by atoms with Crippen LogP contribution in [0.25, 0.3) is 0 Å². The number of aliphatic carboxylic acids is 1. The average Bonchev–Trinajstić information content (AvgIpc) is 2.72. The van der Waals surface area contributed by atoms with Crippen molar-refractivity contribution in [1.29, 1.82) is 0 Å². The Balaban J connectivity index is 2.89. The topological polar surface area (TPSA) is 75.6 Å². The maximum atomic E-state index is 12.0. The van der Waals surface area contributed by atoms with Crippen molar-refractivity contribution in [3.63, 3.8) is 0 Å². The zero-order chi connectivity index (χ0) is 15.6. The van der Waals surface area contributed by atoms with E-state index in [2.05, 4.69) is 5.32 Å². The third-order valence-corrected chi connectivity index (χ3v) is 3.86. The van der Waals surface area contributed by atoms with Gasteiger partial charge in [-0.1, -0.05) is 26.7 Å². The number of nitrogens with one attached hydrogen (secondary N) is 1. The van der Waals surface area contributed by atoms with Gasteiger partial charge in [-0.25, -0.2) is 4.79 Å². The van der Waals surface area contributed by atoms with Crippen molar-refractivity contribution >= 4 is 12.1 Å². The highest BCUT2D eigenvalue weighted by Gasteiger charge is 2.49. The fraction of sp³-hybridized carbons (Fsp3) is 0.867. The first-order valence-corrected chi connectivity index (χ1v) is 7.31. The lowest BCUT2D eigenvalue weighted by Crippen LogP contribution is -2.54. The molecular formula is C15H27NO4. The molecule has 0 heterocycles. The number of carbonyl (C=O) groups is 2. The van der Waals surface area contributed by atoms with Crippen LogP contribution in [0.5, 0.6) is 0 Å². The van der Waals surface area contributed by atoms with Gasteiger partial charge in [-0.2, -0.15) is 0 Å². The fourth-order valence-electron chi connectivity index (χ4n) is 3.04. The van der Waals surface area contributed by atoms with Crippen molar-refractivity contribution in [2.45, 2.75) is 71.9 Å². The van der Waals surface area contributed by atoms with Crippen LogP contribution in [0.4, 0.5) is 4.79 Å². The van der Waals surface area contributed by atoms with Crippen molar-refractivity contribution in [2.75, 3.05) is 0 Å². The molecule has 116 valence electrons. The molecule has 20 heavy (non-hydrogen) atoms. The largest absolute Gasteiger partial charge is 0.481 e. The zero-order valence-electron chi connectivity index (χ0n) is 13.2. The number of rotatable bonds is 4. The predicted octanol–water partition coefficient (Wildman–Crippen LogP) is 3.18. The van der Waals surface area contributed by atoms with Gasteiger partial charge in [0.1, 0.15) is 5.60 Å². The number of hydrogen-bond acceptors (Lipinski definition) is 3. The Morgan fingerprint density at radius 1 is 1.20 bits per heavy atom. The number of carboxylic acids is 1. The molecule has 1 aliphatic rings. The second-order valence-electron chi connectivity index (χ2n) is 7.04. The molecule has 0 bridgehead atoms. The number of amides is 1. The summed E-state index contributed by atoms with van der Waals surface area (Å²) in [7, 11) is 0. The second-order valence-corrected chi connectivity index (χ2v) is 7.04. The third-order valence-electron chi connectivity index (χ3n) is 3.86. The zero-order valence-corrected chi connectivity index (χ0v) is 13.2. The Kier molecular flexibility index (Phi) is 5.05. The van der Waals surface area contributed by atoms with Gasteiger partial charge >= 0.3 is 12.1 Å². The minimum Gasteiger partial charge on any atom is -0.481 e. The van der Waals surface area contributed by atoms with Crippen LogP contribution in [0.3, 0.4) is 0 Å². The van der Waals surface area contributed by atoms with Crippen LogP contribution in [0.15, 0.2) is 0 Å². The van der Waals surface area contributed by atoms with Crippen LogP contribution in [0.1, 0.15) is 60.3 Å². The molecule has 1 saturated carbocycles. The Labute approximate surface area is 121 Å². The summed E-state index contributed by atoms with van der Waals surface area (Å²) in [5.41, 5.74) is -1.44. The number of alkyl carbamates (subject to hydrolysis) is 1. The quantitative estimate of drug-likeness (QED) is 0.831. The number of carbonyl (C=O) groups excluding carboxylic acids is 1. The molecule has 1 rings (SSSR count). The van der Waals surface area contributed by atoms with Crippen LogP contribution in [-0.4, -0.2) is 28.8 Å². The van der Waals surface area contributed by atoms with Gasteiger partial charge in [0.15, 0.2) is 0 Å². The van der Waals surface area contributed by atoms with Gasteiger partial charge in [-0.05, 0) is 39.5 Å². The Hall–Kier alpha value is -1.26. The summed E-state index contributed by atoms with van der Waals surface area (Å²) in [6.07, 6.45) is 2.47. The molecule has 1 atom stereocenters. The van der Waals surface area contributed by atoms with Crippen molar-refractivity contribution in [3.8, 4) is 0 Å². The van der Waals surface area contributed by atoms with E-state index in [-0.39, 0.29) is 5.92 Å². The van der Waals surface area contributed by atoms with E-state index < -0.39 is 29.1 Å². The molecule has 0 aromatic carbocycles. The second kappa shape index (κ2) is 6.02. The van der Waals surface area contributed by atoms with E-state index in [0.29, 0.717) is 12.8 Å². The molecule has 0 aromatic rings. The monoisotopic (exact) mass is 285 g/mol. The lowest BCUT2D eigenvalue weighted by molar-refractivity contribution is -0.151. The highest BCUT2D eigenvalue weighted by Crippen LogP contribution is 2.43. The van der Waals surface area contributed by atoms with E-state index in [4.69, 9.17) is 4.74 Å². The van der Waals surface area contributed by atoms with Gasteiger partial charge in [-0.3, -0.25) is 4.79 Å². The summed E-state index contributed by atoms with van der Waals surface area (Å²) >= 11 is 0. The van der Waals surface area contributed by atoms with Crippen molar-refractivity contribution in [2.24, 2.45) is 11.3 Å². The summed E-state index contributed by atoms with van der Waals surface area (Å²) in [5, 5.41) is 12.4. The van der Waals surface area contributed by atoms with Crippen LogP contribution in [-0.2, 0) is 9.53 Å². The minimum atomic E-state index is -0.856. The van der Waals surface area contributed by atoms with Gasteiger partial charge in [0.05, 0.1) is 11.5 Å². The lowest BCUT2D eigenvalue weighted by atomic mass is 9.74. The van der Waals surface area contributed by atoms with E-state index in [1.54, 1.807) is 20.8 Å². The van der Waals surface area contributed by atoms with E-state index in [0.717, 1.165) is 12.8 Å². The van der Waals surface area contributed by atoms with Crippen LogP contribution < -0.4 is 5.32 Å². The number of ether oxygens (including phenoxy) is 1. The van der Waals surface area contributed by atoms with Gasteiger partial charge < -0.3 is 15.2 Å². The maximum Gasteiger partial charge on any atom is 0.407 e. The molecule has 0 aromatic heterocycles. The average molecular weight is 285 g/mol. The Morgan fingerprint density at radius 3 is 2.05 bits per heavy atom. The van der Waals surface area contributed by atoms with Gasteiger partial charge in [0.25, 0.3) is 0 Å². The summed E-state index contributed by atoms with van der Waals surface area (Å²) in [4.78, 5) is 23.7. The summed E-state index contributed by atoms with van der Waals surface area (Å²) < 4.78 is 5.26. The van der Waals surface area contributed by atoms with Crippen molar-refractivity contribution in [3.05, 3.63) is 0 Å². The van der Waals surface area contributed by atoms with Crippen molar-refractivity contribution < 1.29 is 19.4 Å². The lowest BCUT2D eigenvalue weighted by Gasteiger charge is -2.37. The van der Waals surface area contributed by atoms with Crippen LogP contribution in [0.2, 0.25) is 0 Å². The molecule has 0 radical (unpaired) electrons. The van der Waals surface area contributed by atoms with Crippen LogP contribution >= 0.6 is 0 Å². The molecule has 1 amide bonds. The standard InChI is InChI=1S/C15H27NO4/c1-10(2)11(16-13(19)20-14(3,4)5)15(12(17)18)8-6-7-9-15/h10-11H,6-9H2,1-5H3,(H,16,19)(H,17,18). The molecule has 5 heteroatoms. The number of hydrogen-bond donors (Lipinski definition) is 2. The van der Waals surface area contributed by atoms with Crippen LogP contribution in [0, 0.1) is 11.3 Å². The number of carboxylic acid groups (broad SMARTS) is 1. The SMILES string of the molecule is CC(C)C(NC(=O)OC(C)(C)C)C1(C(=O)O)CCCC1. The molecular weight excluding hydrogens is 258 g/mol. The van der Waals surface area contributed by atoms with Gasteiger partial charge in [0, 0.05) is 0 Å². The molecule has 2 N–H and O–H groups in total. The van der Waals surface area contributed by atoms with E-state index in [1.165, 1.54) is 0 Å². The molecule has 5 nitrogen and oxygen atoms in total. The van der Waals surface area contributed by atoms with E-state index >= 15 is 0 Å². The fourth-order valence-corrected chi connectivity index (χ4v) is 3.04. The molecule has 1 fully saturated rings. The molecule has 1 aliphatic carbocycles. The Bertz CT molecular complexity index is 365. The smallest absolute Gasteiger partial charge is 0.407 e. The maximum absolute atomic E-state index is 12.0. The molecule has 1 unspecified atom stereocenters. The molecule has 0 saturated heterocycles. The first kappa shape index (κ1) is 16.8. The summed E-state index contributed by atoms with van der Waals surface area (Å²) in [6.45, 7) is 9.24. The first-order chi connectivity index (χ1) is 9.08. The summed E-state index contributed by atoms with van der Waals surface area (Å²) in [6, 6.07) is -0.405. The molecule has 0 aliphatic heterocycles. The third kappa shape index (κ3) is 3.87. The van der Waals surface area contributed by atoms with E-state index in [1.807, 2.05) is 13.8 Å². The van der Waals surface area contributed by atoms with Crippen molar-refractivity contribution in [1.82, 2.24) is 5.32 Å². The summed E-state index contributed by atoms with van der Waals surface area (Å²) in [5.74, 6) is -0.776. The van der Waals surface area contributed by atoms with E-state index in [9.17, 15) is 14.7 Å². The minimum absolute atomic E-state index is 0.0386. The highest BCUT2D eigenvalue weighted by atomic mass is 16.6. The van der Waals surface area contributed by atoms with Gasteiger partial charge in [-0.15, -0.1) is 0 Å².